The Morgan fingerprint density at radius 1 is 0.457 bits per heavy atom. The molecule has 218 valence electrons. The minimum atomic E-state index is -0.147. The van der Waals surface area contributed by atoms with E-state index in [1.165, 1.54) is 49.7 Å². The van der Waals surface area contributed by atoms with Crippen molar-refractivity contribution in [3.05, 3.63) is 163 Å². The Morgan fingerprint density at radius 2 is 1.07 bits per heavy atom. The molecule has 2 heteroatoms. The van der Waals surface area contributed by atoms with Crippen molar-refractivity contribution in [2.24, 2.45) is 0 Å². The van der Waals surface area contributed by atoms with Crippen LogP contribution < -0.4 is 0 Å². The number of rotatable bonds is 4. The molecule has 2 aromatic heterocycles. The van der Waals surface area contributed by atoms with Gasteiger partial charge in [0.05, 0.1) is 11.4 Å². The van der Waals surface area contributed by atoms with Crippen LogP contribution in [0.5, 0.6) is 0 Å². The Kier molecular flexibility index (Phi) is 5.88. The molecule has 0 amide bonds. The van der Waals surface area contributed by atoms with Crippen molar-refractivity contribution in [2.45, 2.75) is 19.3 Å². The highest BCUT2D eigenvalue weighted by molar-refractivity contribution is 6.11. The molecule has 0 saturated carbocycles. The van der Waals surface area contributed by atoms with E-state index in [2.05, 4.69) is 147 Å². The van der Waals surface area contributed by atoms with Gasteiger partial charge in [-0.3, -0.25) is 0 Å². The summed E-state index contributed by atoms with van der Waals surface area (Å²) in [6, 6.07) is 54.0. The monoisotopic (exact) mass is 589 g/mol. The third kappa shape index (κ3) is 4.14. The van der Waals surface area contributed by atoms with Gasteiger partial charge < -0.3 is 4.42 Å². The predicted octanol–water partition coefficient (Wildman–Crippen LogP) is 12.0. The van der Waals surface area contributed by atoms with Crippen molar-refractivity contribution >= 4 is 21.9 Å². The van der Waals surface area contributed by atoms with Gasteiger partial charge in [-0.05, 0) is 69.3 Å². The van der Waals surface area contributed by atoms with Crippen LogP contribution in [-0.4, -0.2) is 4.98 Å². The molecule has 0 bridgehead atoms. The van der Waals surface area contributed by atoms with Gasteiger partial charge in [0.15, 0.2) is 0 Å². The fraction of sp³-hybridized carbons (Fsp3) is 0.0682. The summed E-state index contributed by atoms with van der Waals surface area (Å²) in [5, 5.41) is 2.35. The fourth-order valence-corrected chi connectivity index (χ4v) is 7.27. The topological polar surface area (TPSA) is 26.0 Å². The van der Waals surface area contributed by atoms with E-state index in [1.54, 1.807) is 0 Å². The van der Waals surface area contributed by atoms with E-state index in [9.17, 15) is 0 Å². The number of hydrogen-bond donors (Lipinski definition) is 0. The Bertz CT molecular complexity index is 2380. The number of pyridine rings is 1. The largest absolute Gasteiger partial charge is 0.455 e. The quantitative estimate of drug-likeness (QED) is 0.204. The minimum Gasteiger partial charge on any atom is -0.455 e. The predicted molar refractivity (Wildman–Crippen MR) is 191 cm³/mol. The maximum atomic E-state index is 6.50. The molecule has 0 atom stereocenters. The summed E-state index contributed by atoms with van der Waals surface area (Å²) < 4.78 is 6.50. The second-order valence-corrected chi connectivity index (χ2v) is 12.8. The van der Waals surface area contributed by atoms with Crippen LogP contribution in [0.4, 0.5) is 0 Å². The standard InChI is InChI=1S/C44H31NO/c1-44(2)37-23-22-35-34-18-9-10-19-41(34)46-43(35)42(37)36-21-20-32(25-38(36)44)30-16-11-17-31(24-30)33-26-39(28-12-5-3-6-13-28)45-40(27-33)29-14-7-4-8-15-29/h3-27H,1-2H3. The smallest absolute Gasteiger partial charge is 0.143 e. The maximum absolute atomic E-state index is 6.50. The molecule has 0 spiro atoms. The lowest BCUT2D eigenvalue weighted by Gasteiger charge is -2.22. The zero-order valence-corrected chi connectivity index (χ0v) is 25.8. The van der Waals surface area contributed by atoms with E-state index in [-0.39, 0.29) is 5.41 Å². The molecule has 0 aliphatic heterocycles. The molecule has 8 aromatic rings. The number of para-hydroxylation sites is 1. The molecule has 0 N–H and O–H groups in total. The first-order valence-electron chi connectivity index (χ1n) is 15.9. The van der Waals surface area contributed by atoms with Crippen LogP contribution in [0.15, 0.2) is 156 Å². The molecular weight excluding hydrogens is 558 g/mol. The lowest BCUT2D eigenvalue weighted by molar-refractivity contribution is 0.653. The van der Waals surface area contributed by atoms with Gasteiger partial charge in [-0.25, -0.2) is 4.98 Å². The van der Waals surface area contributed by atoms with E-state index in [4.69, 9.17) is 9.40 Å². The lowest BCUT2D eigenvalue weighted by atomic mass is 9.81. The first kappa shape index (κ1) is 26.7. The molecule has 46 heavy (non-hydrogen) atoms. The zero-order valence-electron chi connectivity index (χ0n) is 25.8. The average Bonchev–Trinajstić information content (AvgIpc) is 3.61. The number of fused-ring (bicyclic) bond motifs is 7. The van der Waals surface area contributed by atoms with Crippen LogP contribution in [0.3, 0.4) is 0 Å². The SMILES string of the molecule is CC1(C)c2cc(-c3cccc(-c4cc(-c5ccccc5)nc(-c5ccccc5)c4)c3)ccc2-c2c1ccc1c2oc2ccccc21. The molecular formula is C44H31NO. The van der Waals surface area contributed by atoms with Crippen LogP contribution in [-0.2, 0) is 5.41 Å². The summed E-state index contributed by atoms with van der Waals surface area (Å²) in [6.07, 6.45) is 0. The van der Waals surface area contributed by atoms with Crippen molar-refractivity contribution in [1.82, 2.24) is 4.98 Å². The number of aromatic nitrogens is 1. The molecule has 2 nitrogen and oxygen atoms in total. The Morgan fingerprint density at radius 3 is 1.78 bits per heavy atom. The highest BCUT2D eigenvalue weighted by Crippen LogP contribution is 2.53. The number of furan rings is 1. The van der Waals surface area contributed by atoms with E-state index in [0.717, 1.165) is 39.2 Å². The van der Waals surface area contributed by atoms with Crippen LogP contribution in [0.25, 0.3) is 77.8 Å². The highest BCUT2D eigenvalue weighted by atomic mass is 16.3. The van der Waals surface area contributed by atoms with Gasteiger partial charge in [0.25, 0.3) is 0 Å². The first-order valence-corrected chi connectivity index (χ1v) is 15.9. The van der Waals surface area contributed by atoms with Gasteiger partial charge >= 0.3 is 0 Å². The van der Waals surface area contributed by atoms with Gasteiger partial charge in [0.1, 0.15) is 11.2 Å². The normalized spacial score (nSPS) is 13.2. The van der Waals surface area contributed by atoms with Gasteiger partial charge in [-0.15, -0.1) is 0 Å². The molecule has 0 radical (unpaired) electrons. The summed E-state index contributed by atoms with van der Waals surface area (Å²) in [6.45, 7) is 4.67. The van der Waals surface area contributed by atoms with E-state index >= 15 is 0 Å². The van der Waals surface area contributed by atoms with Crippen LogP contribution in [0.2, 0.25) is 0 Å². The fourth-order valence-electron chi connectivity index (χ4n) is 7.27. The van der Waals surface area contributed by atoms with Gasteiger partial charge in [-0.2, -0.15) is 0 Å². The highest BCUT2D eigenvalue weighted by Gasteiger charge is 2.38. The molecule has 0 saturated heterocycles. The second kappa shape index (κ2) is 10.2. The molecule has 9 rings (SSSR count). The third-order valence-corrected chi connectivity index (χ3v) is 9.68. The second-order valence-electron chi connectivity index (χ2n) is 12.8. The van der Waals surface area contributed by atoms with Crippen LogP contribution in [0.1, 0.15) is 25.0 Å². The van der Waals surface area contributed by atoms with E-state index in [0.29, 0.717) is 0 Å². The van der Waals surface area contributed by atoms with E-state index < -0.39 is 0 Å². The Hall–Kier alpha value is -5.73. The van der Waals surface area contributed by atoms with Crippen molar-refractivity contribution in [1.29, 1.82) is 0 Å². The summed E-state index contributed by atoms with van der Waals surface area (Å²) >= 11 is 0. The minimum absolute atomic E-state index is 0.147. The number of hydrogen-bond acceptors (Lipinski definition) is 2. The Labute approximate surface area is 268 Å². The number of benzene rings is 6. The molecule has 2 heterocycles. The first-order chi connectivity index (χ1) is 22.5. The molecule has 0 unspecified atom stereocenters. The van der Waals surface area contributed by atoms with E-state index in [1.807, 2.05) is 18.2 Å². The van der Waals surface area contributed by atoms with Crippen molar-refractivity contribution < 1.29 is 4.42 Å². The van der Waals surface area contributed by atoms with Crippen LogP contribution in [0, 0.1) is 0 Å². The molecule has 0 fully saturated rings. The summed E-state index contributed by atoms with van der Waals surface area (Å²) in [5.74, 6) is 0. The lowest BCUT2D eigenvalue weighted by Crippen LogP contribution is -2.14. The third-order valence-electron chi connectivity index (χ3n) is 9.68. The van der Waals surface area contributed by atoms with Gasteiger partial charge in [-0.1, -0.05) is 135 Å². The maximum Gasteiger partial charge on any atom is 0.143 e. The average molecular weight is 590 g/mol. The Balaban J connectivity index is 1.16. The molecule has 1 aliphatic rings. The van der Waals surface area contributed by atoms with Crippen LogP contribution >= 0.6 is 0 Å². The van der Waals surface area contributed by atoms with Crippen molar-refractivity contribution in [2.75, 3.05) is 0 Å². The molecule has 6 aromatic carbocycles. The summed E-state index contributed by atoms with van der Waals surface area (Å²) in [7, 11) is 0. The molecule has 1 aliphatic carbocycles. The zero-order chi connectivity index (χ0) is 30.8. The summed E-state index contributed by atoms with van der Waals surface area (Å²) in [5.41, 5.74) is 15.8. The van der Waals surface area contributed by atoms with Crippen molar-refractivity contribution in [3.63, 3.8) is 0 Å². The van der Waals surface area contributed by atoms with Gasteiger partial charge in [0, 0.05) is 32.9 Å². The van der Waals surface area contributed by atoms with Gasteiger partial charge in [0.2, 0.25) is 0 Å². The summed E-state index contributed by atoms with van der Waals surface area (Å²) in [4.78, 5) is 5.08. The number of nitrogens with zero attached hydrogens (tertiary/aromatic N) is 1. The van der Waals surface area contributed by atoms with Crippen molar-refractivity contribution in [3.8, 4) is 55.9 Å².